The minimum absolute atomic E-state index is 0.118. The highest BCUT2D eigenvalue weighted by molar-refractivity contribution is 7.87. The van der Waals surface area contributed by atoms with E-state index in [0.717, 1.165) is 0 Å². The Kier molecular flexibility index (Phi) is 5.38. The van der Waals surface area contributed by atoms with Gasteiger partial charge in [0.15, 0.2) is 6.79 Å². The molecule has 1 aliphatic rings. The molecule has 1 heterocycles. The number of benzene rings is 1. The number of nitrogens with one attached hydrogen (secondary N) is 1. The van der Waals surface area contributed by atoms with Gasteiger partial charge in [0.25, 0.3) is 10.2 Å². The summed E-state index contributed by atoms with van der Waals surface area (Å²) in [6, 6.07) is 2.60. The van der Waals surface area contributed by atoms with Crippen molar-refractivity contribution in [3.8, 4) is 5.75 Å². The highest BCUT2D eigenvalue weighted by Crippen LogP contribution is 2.29. The average Bonchev–Trinajstić information content (AvgIpc) is 2.45. The largest absolute Gasteiger partial charge is 0.467 e. The Morgan fingerprint density at radius 3 is 2.82 bits per heavy atom. The second kappa shape index (κ2) is 6.91. The quantitative estimate of drug-likeness (QED) is 0.855. The second-order valence-electron chi connectivity index (χ2n) is 5.42. The SMILES string of the molecule is CC(C)N(C)S(=O)(=O)NCCc1cc(F)cc2c1OCOC2. The first-order valence-electron chi connectivity index (χ1n) is 7.05. The van der Waals surface area contributed by atoms with Gasteiger partial charge in [0.1, 0.15) is 11.6 Å². The lowest BCUT2D eigenvalue weighted by Gasteiger charge is -2.22. The van der Waals surface area contributed by atoms with E-state index in [9.17, 15) is 12.8 Å². The molecule has 1 aromatic rings. The topological polar surface area (TPSA) is 67.9 Å². The minimum atomic E-state index is -3.54. The van der Waals surface area contributed by atoms with Crippen molar-refractivity contribution in [3.63, 3.8) is 0 Å². The molecule has 2 rings (SSSR count). The van der Waals surface area contributed by atoms with Gasteiger partial charge in [-0.05, 0) is 38.0 Å². The van der Waals surface area contributed by atoms with Crippen LogP contribution in [-0.2, 0) is 28.0 Å². The Hall–Kier alpha value is -1.22. The summed E-state index contributed by atoms with van der Waals surface area (Å²) in [4.78, 5) is 0. The summed E-state index contributed by atoms with van der Waals surface area (Å²) in [5.74, 6) is 0.203. The van der Waals surface area contributed by atoms with E-state index in [4.69, 9.17) is 9.47 Å². The average molecular weight is 332 g/mol. The Morgan fingerprint density at radius 1 is 1.41 bits per heavy atom. The molecule has 0 saturated carbocycles. The van der Waals surface area contributed by atoms with Crippen LogP contribution in [0.25, 0.3) is 0 Å². The Labute approximate surface area is 130 Å². The predicted octanol–water partition coefficient (Wildman–Crippen LogP) is 1.41. The van der Waals surface area contributed by atoms with Crippen molar-refractivity contribution in [2.24, 2.45) is 0 Å². The van der Waals surface area contributed by atoms with Crippen LogP contribution in [0.3, 0.4) is 0 Å². The lowest BCUT2D eigenvalue weighted by molar-refractivity contribution is -0.0172. The van der Waals surface area contributed by atoms with Gasteiger partial charge in [0.05, 0.1) is 6.61 Å². The third-order valence-corrected chi connectivity index (χ3v) is 5.29. The molecule has 0 bridgehead atoms. The molecule has 0 saturated heterocycles. The van der Waals surface area contributed by atoms with E-state index in [1.165, 1.54) is 23.5 Å². The molecule has 6 nitrogen and oxygen atoms in total. The van der Waals surface area contributed by atoms with Crippen molar-refractivity contribution < 1.29 is 22.3 Å². The Morgan fingerprint density at radius 2 is 2.14 bits per heavy atom. The number of rotatable bonds is 6. The van der Waals surface area contributed by atoms with Crippen LogP contribution in [0.1, 0.15) is 25.0 Å². The molecule has 0 amide bonds. The van der Waals surface area contributed by atoms with Gasteiger partial charge in [-0.25, -0.2) is 9.11 Å². The van der Waals surface area contributed by atoms with Gasteiger partial charge in [0.2, 0.25) is 0 Å². The number of hydrogen-bond donors (Lipinski definition) is 1. The number of ether oxygens (including phenoxy) is 2. The molecule has 1 aliphatic heterocycles. The van der Waals surface area contributed by atoms with Crippen LogP contribution in [-0.4, -0.2) is 39.2 Å². The molecule has 0 spiro atoms. The van der Waals surface area contributed by atoms with Crippen LogP contribution in [0.4, 0.5) is 4.39 Å². The molecule has 0 radical (unpaired) electrons. The van der Waals surface area contributed by atoms with Crippen LogP contribution >= 0.6 is 0 Å². The fourth-order valence-electron chi connectivity index (χ4n) is 2.14. The number of nitrogens with zero attached hydrogens (tertiary/aromatic N) is 1. The van der Waals surface area contributed by atoms with E-state index < -0.39 is 10.2 Å². The normalized spacial score (nSPS) is 15.0. The standard InChI is InChI=1S/C14H21FN2O4S/c1-10(2)17(3)22(18,19)16-5-4-11-6-13(15)7-12-8-20-9-21-14(11)12/h6-7,10,16H,4-5,8-9H2,1-3H3. The van der Waals surface area contributed by atoms with Crippen molar-refractivity contribution in [2.45, 2.75) is 32.9 Å². The van der Waals surface area contributed by atoms with Crippen LogP contribution in [0.2, 0.25) is 0 Å². The van der Waals surface area contributed by atoms with Gasteiger partial charge in [-0.3, -0.25) is 0 Å². The lowest BCUT2D eigenvalue weighted by Crippen LogP contribution is -2.42. The predicted molar refractivity (Wildman–Crippen MR) is 80.2 cm³/mol. The van der Waals surface area contributed by atoms with E-state index in [1.54, 1.807) is 13.8 Å². The van der Waals surface area contributed by atoms with E-state index in [0.29, 0.717) is 29.9 Å². The Balaban J connectivity index is 2.05. The first-order valence-corrected chi connectivity index (χ1v) is 8.49. The fourth-order valence-corrected chi connectivity index (χ4v) is 3.26. The molecule has 124 valence electrons. The summed E-state index contributed by atoms with van der Waals surface area (Å²) in [6.07, 6.45) is 0.339. The number of fused-ring (bicyclic) bond motifs is 1. The number of halogens is 1. The van der Waals surface area contributed by atoms with E-state index in [2.05, 4.69) is 4.72 Å². The highest BCUT2D eigenvalue weighted by atomic mass is 32.2. The number of hydrogen-bond acceptors (Lipinski definition) is 4. The molecule has 0 fully saturated rings. The van der Waals surface area contributed by atoms with E-state index >= 15 is 0 Å². The zero-order valence-electron chi connectivity index (χ0n) is 12.9. The van der Waals surface area contributed by atoms with E-state index in [-0.39, 0.29) is 25.2 Å². The maximum Gasteiger partial charge on any atom is 0.279 e. The molecule has 0 unspecified atom stereocenters. The summed E-state index contributed by atoms with van der Waals surface area (Å²) >= 11 is 0. The zero-order valence-corrected chi connectivity index (χ0v) is 13.7. The molecule has 0 aromatic heterocycles. The van der Waals surface area contributed by atoms with Crippen molar-refractivity contribution in [1.82, 2.24) is 9.03 Å². The van der Waals surface area contributed by atoms with Crippen molar-refractivity contribution in [3.05, 3.63) is 29.1 Å². The van der Waals surface area contributed by atoms with Gasteiger partial charge in [-0.1, -0.05) is 0 Å². The maximum atomic E-state index is 13.6. The molecule has 8 heteroatoms. The Bertz CT molecular complexity index is 634. The van der Waals surface area contributed by atoms with Gasteiger partial charge < -0.3 is 9.47 Å². The van der Waals surface area contributed by atoms with Gasteiger partial charge in [-0.15, -0.1) is 0 Å². The van der Waals surface area contributed by atoms with Crippen LogP contribution < -0.4 is 9.46 Å². The molecular weight excluding hydrogens is 311 g/mol. The van der Waals surface area contributed by atoms with Gasteiger partial charge >= 0.3 is 0 Å². The summed E-state index contributed by atoms with van der Waals surface area (Å²) in [7, 11) is -2.03. The van der Waals surface area contributed by atoms with Gasteiger partial charge in [-0.2, -0.15) is 12.7 Å². The zero-order chi connectivity index (χ0) is 16.3. The first-order chi connectivity index (χ1) is 10.3. The molecule has 22 heavy (non-hydrogen) atoms. The third kappa shape index (κ3) is 3.95. The summed E-state index contributed by atoms with van der Waals surface area (Å²) in [6.45, 7) is 4.15. The smallest absolute Gasteiger partial charge is 0.279 e. The lowest BCUT2D eigenvalue weighted by atomic mass is 10.1. The van der Waals surface area contributed by atoms with Crippen molar-refractivity contribution >= 4 is 10.2 Å². The first kappa shape index (κ1) is 17.1. The summed E-state index contributed by atoms with van der Waals surface area (Å²) in [5, 5.41) is 0. The van der Waals surface area contributed by atoms with Crippen LogP contribution in [0.15, 0.2) is 12.1 Å². The molecule has 0 aliphatic carbocycles. The van der Waals surface area contributed by atoms with E-state index in [1.807, 2.05) is 0 Å². The summed E-state index contributed by atoms with van der Waals surface area (Å²) in [5.41, 5.74) is 1.27. The van der Waals surface area contributed by atoms with Crippen molar-refractivity contribution in [2.75, 3.05) is 20.4 Å². The fraction of sp³-hybridized carbons (Fsp3) is 0.571. The molecule has 0 atom stereocenters. The van der Waals surface area contributed by atoms with Crippen LogP contribution in [0, 0.1) is 5.82 Å². The molecule has 1 aromatic carbocycles. The van der Waals surface area contributed by atoms with Crippen molar-refractivity contribution in [1.29, 1.82) is 0 Å². The minimum Gasteiger partial charge on any atom is -0.467 e. The summed E-state index contributed by atoms with van der Waals surface area (Å²) < 4.78 is 51.9. The highest BCUT2D eigenvalue weighted by Gasteiger charge is 2.21. The second-order valence-corrected chi connectivity index (χ2v) is 7.24. The molecule has 1 N–H and O–H groups in total. The van der Waals surface area contributed by atoms with Gasteiger partial charge in [0, 0.05) is 25.2 Å². The monoisotopic (exact) mass is 332 g/mol. The van der Waals surface area contributed by atoms with Crippen LogP contribution in [0.5, 0.6) is 5.75 Å². The maximum absolute atomic E-state index is 13.6. The molecular formula is C14H21FN2O4S. The third-order valence-electron chi connectivity index (χ3n) is 3.54.